The van der Waals surface area contributed by atoms with Crippen molar-refractivity contribution in [3.8, 4) is 0 Å². The smallest absolute Gasteiger partial charge is 0.271 e. The number of nitrogens with one attached hydrogen (secondary N) is 1. The van der Waals surface area contributed by atoms with Crippen LogP contribution in [-0.4, -0.2) is 15.5 Å². The van der Waals surface area contributed by atoms with Gasteiger partial charge in [0.15, 0.2) is 0 Å². The van der Waals surface area contributed by atoms with Crippen LogP contribution in [-0.2, 0) is 6.42 Å². The van der Waals surface area contributed by atoms with Crippen molar-refractivity contribution in [2.24, 2.45) is 0 Å². The highest BCUT2D eigenvalue weighted by Gasteiger charge is 2.27. The highest BCUT2D eigenvalue weighted by molar-refractivity contribution is 7.19. The van der Waals surface area contributed by atoms with E-state index in [1.807, 2.05) is 31.2 Å². The molecule has 1 amide bonds. The van der Waals surface area contributed by atoms with E-state index < -0.39 is 0 Å². The van der Waals surface area contributed by atoms with Gasteiger partial charge in [-0.25, -0.2) is 4.98 Å². The van der Waals surface area contributed by atoms with Crippen LogP contribution < -0.4 is 10.9 Å². The summed E-state index contributed by atoms with van der Waals surface area (Å²) in [7, 11) is 0. The normalized spacial score (nSPS) is 14.0. The molecule has 5 nitrogen and oxygen atoms in total. The molecular weight excluding hydrogens is 334 g/mol. The number of carbonyl (C=O) groups is 1. The van der Waals surface area contributed by atoms with Crippen LogP contribution in [0.1, 0.15) is 46.6 Å². The summed E-state index contributed by atoms with van der Waals surface area (Å²) in [5.74, 6) is -0.208. The fourth-order valence-electron chi connectivity index (χ4n) is 3.11. The molecule has 0 spiro atoms. The highest BCUT2D eigenvalue weighted by Crippen LogP contribution is 2.35. The molecule has 0 aliphatic heterocycles. The molecule has 6 heteroatoms. The van der Waals surface area contributed by atoms with Gasteiger partial charge in [0.1, 0.15) is 10.2 Å². The Morgan fingerprint density at radius 2 is 2.12 bits per heavy atom. The number of hydrogen-bond acceptors (Lipinski definition) is 4. The number of carbonyl (C=O) groups excluding carboxylic acids is 1. The van der Waals surface area contributed by atoms with Crippen molar-refractivity contribution in [1.29, 1.82) is 0 Å². The predicted molar refractivity (Wildman–Crippen MR) is 101 cm³/mol. The average molecular weight is 353 g/mol. The zero-order valence-corrected chi connectivity index (χ0v) is 15.0. The standard InChI is InChI=1S/C19H19N3O2S/c1-3-12-6-4-5-7-14(12)21-18(23)15-11(2)25-17-16(15)20-10-22(19(17)24)13-8-9-13/h4-7,10,13H,3,8-9H2,1-2H3,(H,21,23). The van der Waals surface area contributed by atoms with E-state index in [2.05, 4.69) is 17.2 Å². The Kier molecular flexibility index (Phi) is 3.92. The third kappa shape index (κ3) is 2.76. The molecule has 0 radical (unpaired) electrons. The van der Waals surface area contributed by atoms with E-state index in [-0.39, 0.29) is 17.5 Å². The molecule has 0 bridgehead atoms. The van der Waals surface area contributed by atoms with Crippen molar-refractivity contribution in [2.75, 3.05) is 5.32 Å². The number of amides is 1. The number of aryl methyl sites for hydroxylation is 2. The monoisotopic (exact) mass is 353 g/mol. The van der Waals surface area contributed by atoms with Crippen molar-refractivity contribution >= 4 is 33.1 Å². The first kappa shape index (κ1) is 16.0. The van der Waals surface area contributed by atoms with Gasteiger partial charge >= 0.3 is 0 Å². The second-order valence-corrected chi connectivity index (χ2v) is 7.59. The number of nitrogens with zero attached hydrogens (tertiary/aromatic N) is 2. The summed E-state index contributed by atoms with van der Waals surface area (Å²) in [6, 6.07) is 8.04. The lowest BCUT2D eigenvalue weighted by atomic mass is 10.1. The molecule has 0 unspecified atom stereocenters. The Balaban J connectivity index is 1.76. The highest BCUT2D eigenvalue weighted by atomic mass is 32.1. The van der Waals surface area contributed by atoms with Gasteiger partial charge in [0.05, 0.1) is 11.9 Å². The van der Waals surface area contributed by atoms with Crippen LogP contribution in [0.5, 0.6) is 0 Å². The van der Waals surface area contributed by atoms with Crippen LogP contribution >= 0.6 is 11.3 Å². The number of para-hydroxylation sites is 1. The quantitative estimate of drug-likeness (QED) is 0.773. The van der Waals surface area contributed by atoms with Crippen LogP contribution in [0.2, 0.25) is 0 Å². The number of hydrogen-bond donors (Lipinski definition) is 1. The number of anilines is 1. The van der Waals surface area contributed by atoms with Crippen LogP contribution in [0.3, 0.4) is 0 Å². The van der Waals surface area contributed by atoms with E-state index >= 15 is 0 Å². The summed E-state index contributed by atoms with van der Waals surface area (Å²) in [5, 5.41) is 2.98. The first-order chi connectivity index (χ1) is 12.1. The fourth-order valence-corrected chi connectivity index (χ4v) is 4.15. The van der Waals surface area contributed by atoms with Crippen molar-refractivity contribution in [2.45, 2.75) is 39.2 Å². The summed E-state index contributed by atoms with van der Waals surface area (Å²) >= 11 is 1.36. The van der Waals surface area contributed by atoms with Gasteiger partial charge in [-0.05, 0) is 37.8 Å². The third-order valence-corrected chi connectivity index (χ3v) is 5.70. The van der Waals surface area contributed by atoms with E-state index in [0.29, 0.717) is 15.8 Å². The molecule has 0 atom stereocenters. The summed E-state index contributed by atoms with van der Waals surface area (Å²) < 4.78 is 2.27. The minimum absolute atomic E-state index is 0.0337. The fraction of sp³-hybridized carbons (Fsp3) is 0.316. The van der Waals surface area contributed by atoms with Gasteiger partial charge in [0.25, 0.3) is 11.5 Å². The Labute approximate surface area is 149 Å². The molecule has 4 rings (SSSR count). The van der Waals surface area contributed by atoms with E-state index in [1.165, 1.54) is 11.3 Å². The first-order valence-corrected chi connectivity index (χ1v) is 9.31. The molecule has 1 N–H and O–H groups in total. The van der Waals surface area contributed by atoms with Gasteiger partial charge in [0, 0.05) is 16.6 Å². The topological polar surface area (TPSA) is 64.0 Å². The largest absolute Gasteiger partial charge is 0.322 e. The second kappa shape index (κ2) is 6.11. The molecule has 25 heavy (non-hydrogen) atoms. The van der Waals surface area contributed by atoms with Gasteiger partial charge in [0.2, 0.25) is 0 Å². The predicted octanol–water partition coefficient (Wildman–Crippen LogP) is 3.92. The minimum Gasteiger partial charge on any atom is -0.322 e. The third-order valence-electron chi connectivity index (χ3n) is 4.61. The Morgan fingerprint density at radius 1 is 1.36 bits per heavy atom. The zero-order chi connectivity index (χ0) is 17.6. The Morgan fingerprint density at radius 3 is 2.84 bits per heavy atom. The van der Waals surface area contributed by atoms with Gasteiger partial charge in [-0.2, -0.15) is 0 Å². The molecule has 1 aliphatic carbocycles. The molecule has 3 aromatic rings. The molecule has 128 valence electrons. The van der Waals surface area contributed by atoms with Gasteiger partial charge in [-0.15, -0.1) is 11.3 Å². The van der Waals surface area contributed by atoms with Crippen LogP contribution in [0.25, 0.3) is 10.2 Å². The van der Waals surface area contributed by atoms with Crippen molar-refractivity contribution in [3.05, 3.63) is 57.0 Å². The maximum Gasteiger partial charge on any atom is 0.271 e. The van der Waals surface area contributed by atoms with Crippen LogP contribution in [0.4, 0.5) is 5.69 Å². The maximum absolute atomic E-state index is 12.9. The average Bonchev–Trinajstić information content (AvgIpc) is 3.38. The minimum atomic E-state index is -0.208. The molecule has 2 heterocycles. The number of benzene rings is 1. The van der Waals surface area contributed by atoms with E-state index in [9.17, 15) is 9.59 Å². The van der Waals surface area contributed by atoms with Gasteiger partial charge in [-0.3, -0.25) is 14.2 Å². The summed E-state index contributed by atoms with van der Waals surface area (Å²) in [6.45, 7) is 3.92. The molecule has 1 aliphatic rings. The SMILES string of the molecule is CCc1ccccc1NC(=O)c1c(C)sc2c(=O)n(C3CC3)cnc12. The number of aromatic nitrogens is 2. The lowest BCUT2D eigenvalue weighted by molar-refractivity contribution is 0.102. The molecule has 2 aromatic heterocycles. The summed E-state index contributed by atoms with van der Waals surface area (Å²) in [4.78, 5) is 30.8. The summed E-state index contributed by atoms with van der Waals surface area (Å²) in [5.41, 5.74) is 2.87. The second-order valence-electron chi connectivity index (χ2n) is 6.36. The number of rotatable bonds is 4. The molecule has 1 fully saturated rings. The van der Waals surface area contributed by atoms with Crippen molar-refractivity contribution in [3.63, 3.8) is 0 Å². The van der Waals surface area contributed by atoms with E-state index in [4.69, 9.17) is 0 Å². The maximum atomic E-state index is 12.9. The van der Waals surface area contributed by atoms with Crippen LogP contribution in [0.15, 0.2) is 35.4 Å². The first-order valence-electron chi connectivity index (χ1n) is 8.49. The van der Waals surface area contributed by atoms with Crippen molar-refractivity contribution in [1.82, 2.24) is 9.55 Å². The van der Waals surface area contributed by atoms with E-state index in [1.54, 1.807) is 10.9 Å². The van der Waals surface area contributed by atoms with Gasteiger partial charge in [-0.1, -0.05) is 25.1 Å². The molecule has 1 aromatic carbocycles. The Bertz CT molecular complexity index is 1030. The molecular formula is C19H19N3O2S. The van der Waals surface area contributed by atoms with E-state index in [0.717, 1.165) is 35.4 Å². The number of fused-ring (bicyclic) bond motifs is 1. The summed E-state index contributed by atoms with van der Waals surface area (Å²) in [6.07, 6.45) is 4.48. The number of thiophene rings is 1. The molecule has 0 saturated heterocycles. The van der Waals surface area contributed by atoms with Gasteiger partial charge < -0.3 is 5.32 Å². The lowest BCUT2D eigenvalue weighted by Gasteiger charge is -2.10. The zero-order valence-electron chi connectivity index (χ0n) is 14.2. The van der Waals surface area contributed by atoms with Crippen molar-refractivity contribution < 1.29 is 4.79 Å². The lowest BCUT2D eigenvalue weighted by Crippen LogP contribution is -2.19. The molecule has 1 saturated carbocycles. The Hall–Kier alpha value is -2.47. The van der Waals surface area contributed by atoms with Crippen LogP contribution in [0, 0.1) is 6.92 Å².